The lowest BCUT2D eigenvalue weighted by Gasteiger charge is -2.01. The van der Waals surface area contributed by atoms with Crippen molar-refractivity contribution in [1.82, 2.24) is 4.98 Å². The van der Waals surface area contributed by atoms with Crippen LogP contribution >= 0.6 is 15.9 Å². The predicted octanol–water partition coefficient (Wildman–Crippen LogP) is 2.55. The molecule has 1 heterocycles. The Balaban J connectivity index is 2.51. The Labute approximate surface area is 80.4 Å². The Hall–Kier alpha value is -0.670. The summed E-state index contributed by atoms with van der Waals surface area (Å²) in [6.07, 6.45) is 3.47. The maximum absolute atomic E-state index is 5.24. The maximum atomic E-state index is 5.24. The second kappa shape index (κ2) is 5.06. The molecule has 0 saturated carbocycles. The molecule has 0 spiro atoms. The highest BCUT2D eigenvalue weighted by molar-refractivity contribution is 9.10. The van der Waals surface area contributed by atoms with Crippen molar-refractivity contribution >= 4 is 15.9 Å². The van der Waals surface area contributed by atoms with Crippen LogP contribution in [0.3, 0.4) is 0 Å². The number of ether oxygens (including phenoxy) is 1. The second-order valence-corrected chi connectivity index (χ2v) is 3.09. The van der Waals surface area contributed by atoms with Crippen molar-refractivity contribution in [1.29, 1.82) is 0 Å². The van der Waals surface area contributed by atoms with Gasteiger partial charge in [-0.2, -0.15) is 0 Å². The zero-order valence-electron chi connectivity index (χ0n) is 6.66. The third kappa shape index (κ3) is 2.75. The van der Waals surface area contributed by atoms with Gasteiger partial charge in [-0.25, -0.2) is 0 Å². The molecule has 3 heteroatoms. The van der Waals surface area contributed by atoms with E-state index in [9.17, 15) is 0 Å². The van der Waals surface area contributed by atoms with Crippen molar-refractivity contribution in [2.45, 2.75) is 6.61 Å². The van der Waals surface area contributed by atoms with E-state index >= 15 is 0 Å². The average molecular weight is 228 g/mol. The van der Waals surface area contributed by atoms with Gasteiger partial charge in [-0.3, -0.25) is 4.98 Å². The van der Waals surface area contributed by atoms with E-state index in [1.165, 1.54) is 0 Å². The van der Waals surface area contributed by atoms with Crippen molar-refractivity contribution in [2.75, 3.05) is 6.61 Å². The van der Waals surface area contributed by atoms with Crippen LogP contribution in [0.5, 0.6) is 0 Å². The van der Waals surface area contributed by atoms with Gasteiger partial charge in [0.25, 0.3) is 0 Å². The zero-order valence-corrected chi connectivity index (χ0v) is 8.25. The zero-order chi connectivity index (χ0) is 8.81. The minimum absolute atomic E-state index is 0.521. The van der Waals surface area contributed by atoms with Crippen molar-refractivity contribution in [2.24, 2.45) is 0 Å². The molecule has 0 bridgehead atoms. The summed E-state index contributed by atoms with van der Waals surface area (Å²) in [4.78, 5) is 4.14. The van der Waals surface area contributed by atoms with Gasteiger partial charge in [0.05, 0.1) is 18.9 Å². The molecule has 0 atom stereocenters. The lowest BCUT2D eigenvalue weighted by atomic mass is 10.4. The molecule has 0 aliphatic rings. The van der Waals surface area contributed by atoms with Crippen LogP contribution in [0.25, 0.3) is 0 Å². The fourth-order valence-electron chi connectivity index (χ4n) is 0.764. The van der Waals surface area contributed by atoms with Gasteiger partial charge < -0.3 is 4.74 Å². The van der Waals surface area contributed by atoms with Crippen molar-refractivity contribution < 1.29 is 4.74 Å². The minimum Gasteiger partial charge on any atom is -0.371 e. The first-order valence-electron chi connectivity index (χ1n) is 3.62. The van der Waals surface area contributed by atoms with Crippen LogP contribution in [0.2, 0.25) is 0 Å². The quantitative estimate of drug-likeness (QED) is 0.583. The molecule has 0 saturated heterocycles. The Morgan fingerprint density at radius 3 is 3.17 bits per heavy atom. The average Bonchev–Trinajstić information content (AvgIpc) is 2.09. The van der Waals surface area contributed by atoms with E-state index in [0.29, 0.717) is 13.2 Å². The van der Waals surface area contributed by atoms with Gasteiger partial charge in [-0.1, -0.05) is 6.08 Å². The molecule has 0 aromatic carbocycles. The topological polar surface area (TPSA) is 22.1 Å². The summed E-state index contributed by atoms with van der Waals surface area (Å²) in [6.45, 7) is 4.64. The molecule has 0 N–H and O–H groups in total. The van der Waals surface area contributed by atoms with Crippen LogP contribution in [0.4, 0.5) is 0 Å². The molecule has 0 aliphatic carbocycles. The number of hydrogen-bond acceptors (Lipinski definition) is 2. The van der Waals surface area contributed by atoms with Gasteiger partial charge in [0.15, 0.2) is 0 Å². The predicted molar refractivity (Wildman–Crippen MR) is 51.8 cm³/mol. The highest BCUT2D eigenvalue weighted by atomic mass is 79.9. The summed E-state index contributed by atoms with van der Waals surface area (Å²) in [5, 5.41) is 0. The molecule has 1 rings (SSSR count). The fraction of sp³-hybridized carbons (Fsp3) is 0.222. The minimum atomic E-state index is 0.521. The summed E-state index contributed by atoms with van der Waals surface area (Å²) in [5.74, 6) is 0. The SMILES string of the molecule is C=CCOCc1ncccc1Br. The molecule has 0 aliphatic heterocycles. The first kappa shape index (κ1) is 9.42. The Kier molecular flexibility index (Phi) is 3.97. The van der Waals surface area contributed by atoms with Crippen LogP contribution in [-0.4, -0.2) is 11.6 Å². The monoisotopic (exact) mass is 227 g/mol. The lowest BCUT2D eigenvalue weighted by molar-refractivity contribution is 0.145. The van der Waals surface area contributed by atoms with E-state index in [0.717, 1.165) is 10.2 Å². The summed E-state index contributed by atoms with van der Waals surface area (Å²) in [7, 11) is 0. The Bertz CT molecular complexity index is 262. The molecule has 12 heavy (non-hydrogen) atoms. The standard InChI is InChI=1S/C9H10BrNO/c1-2-6-12-7-9-8(10)4-3-5-11-9/h2-5H,1,6-7H2. The molecule has 0 fully saturated rings. The van der Waals surface area contributed by atoms with Crippen LogP contribution in [0, 0.1) is 0 Å². The molecule has 0 unspecified atom stereocenters. The number of rotatable bonds is 4. The highest BCUT2D eigenvalue weighted by Crippen LogP contribution is 2.13. The van der Waals surface area contributed by atoms with Crippen molar-refractivity contribution in [3.63, 3.8) is 0 Å². The summed E-state index contributed by atoms with van der Waals surface area (Å²) < 4.78 is 6.22. The van der Waals surface area contributed by atoms with Gasteiger partial charge in [-0.15, -0.1) is 6.58 Å². The largest absolute Gasteiger partial charge is 0.371 e. The first-order valence-corrected chi connectivity index (χ1v) is 4.42. The molecular formula is C9H10BrNO. The fourth-order valence-corrected chi connectivity index (χ4v) is 1.13. The molecule has 0 amide bonds. The van der Waals surface area contributed by atoms with E-state index < -0.39 is 0 Å². The van der Waals surface area contributed by atoms with Crippen LogP contribution in [0.15, 0.2) is 35.5 Å². The smallest absolute Gasteiger partial charge is 0.0903 e. The normalized spacial score (nSPS) is 9.75. The number of halogens is 1. The van der Waals surface area contributed by atoms with E-state index in [2.05, 4.69) is 27.5 Å². The van der Waals surface area contributed by atoms with Gasteiger partial charge in [0, 0.05) is 10.7 Å². The van der Waals surface area contributed by atoms with E-state index in [-0.39, 0.29) is 0 Å². The number of nitrogens with zero attached hydrogens (tertiary/aromatic N) is 1. The summed E-state index contributed by atoms with van der Waals surface area (Å²) in [6, 6.07) is 3.82. The number of aromatic nitrogens is 1. The maximum Gasteiger partial charge on any atom is 0.0903 e. The van der Waals surface area contributed by atoms with Crippen LogP contribution < -0.4 is 0 Å². The van der Waals surface area contributed by atoms with Gasteiger partial charge >= 0.3 is 0 Å². The van der Waals surface area contributed by atoms with E-state index in [1.54, 1.807) is 12.3 Å². The van der Waals surface area contributed by atoms with Gasteiger partial charge in [0.2, 0.25) is 0 Å². The molecule has 0 radical (unpaired) electrons. The van der Waals surface area contributed by atoms with E-state index in [4.69, 9.17) is 4.74 Å². The van der Waals surface area contributed by atoms with E-state index in [1.807, 2.05) is 12.1 Å². The summed E-state index contributed by atoms with van der Waals surface area (Å²) >= 11 is 3.38. The molecular weight excluding hydrogens is 218 g/mol. The molecule has 64 valence electrons. The molecule has 2 nitrogen and oxygen atoms in total. The third-order valence-corrected chi connectivity index (χ3v) is 2.03. The van der Waals surface area contributed by atoms with Crippen LogP contribution in [0.1, 0.15) is 5.69 Å². The number of hydrogen-bond donors (Lipinski definition) is 0. The second-order valence-electron chi connectivity index (χ2n) is 2.24. The van der Waals surface area contributed by atoms with Crippen molar-refractivity contribution in [3.8, 4) is 0 Å². The van der Waals surface area contributed by atoms with Crippen LogP contribution in [-0.2, 0) is 11.3 Å². The molecule has 1 aromatic heterocycles. The number of pyridine rings is 1. The van der Waals surface area contributed by atoms with Gasteiger partial charge in [0.1, 0.15) is 0 Å². The highest BCUT2D eigenvalue weighted by Gasteiger charge is 1.98. The Morgan fingerprint density at radius 2 is 2.50 bits per heavy atom. The van der Waals surface area contributed by atoms with Crippen molar-refractivity contribution in [3.05, 3.63) is 41.2 Å². The third-order valence-electron chi connectivity index (χ3n) is 1.31. The van der Waals surface area contributed by atoms with Gasteiger partial charge in [-0.05, 0) is 28.1 Å². The molecule has 1 aromatic rings. The summed E-state index contributed by atoms with van der Waals surface area (Å²) in [5.41, 5.74) is 0.916. The Morgan fingerprint density at radius 1 is 1.67 bits per heavy atom. The first-order chi connectivity index (χ1) is 5.84. The lowest BCUT2D eigenvalue weighted by Crippen LogP contribution is -1.95.